The van der Waals surface area contributed by atoms with Gasteiger partial charge >= 0.3 is 5.97 Å². The van der Waals surface area contributed by atoms with Crippen molar-refractivity contribution in [3.8, 4) is 17.0 Å². The predicted octanol–water partition coefficient (Wildman–Crippen LogP) is 2.83. The van der Waals surface area contributed by atoms with Crippen LogP contribution in [-0.4, -0.2) is 47.2 Å². The van der Waals surface area contributed by atoms with Crippen LogP contribution in [0.15, 0.2) is 54.6 Å². The number of nitrogens with one attached hydrogen (secondary N) is 1. The zero-order chi connectivity index (χ0) is 20.2. The number of carbonyl (C=O) groups is 2. The van der Waals surface area contributed by atoms with Gasteiger partial charge in [-0.1, -0.05) is 42.5 Å². The summed E-state index contributed by atoms with van der Waals surface area (Å²) >= 11 is 0. The second-order valence-electron chi connectivity index (χ2n) is 6.74. The number of methoxy groups -OCH3 is 1. The van der Waals surface area contributed by atoms with Crippen LogP contribution >= 0.6 is 0 Å². The van der Waals surface area contributed by atoms with Crippen molar-refractivity contribution in [2.45, 2.75) is 13.0 Å². The molecule has 3 aromatic rings. The standard InChI is InChI=1S/C22H21N3O4/c1-28-22(27)16-9-5-6-10-19(16)29-14-20(26)25-12-11-18-17(13-25)21(24-23-18)15-7-3-2-4-8-15/h2-10H,11-14H2,1H3,(H,23,24). The number of aromatic nitrogens is 2. The Morgan fingerprint density at radius 2 is 1.86 bits per heavy atom. The largest absolute Gasteiger partial charge is 0.483 e. The Morgan fingerprint density at radius 3 is 2.66 bits per heavy atom. The van der Waals surface area contributed by atoms with Crippen molar-refractivity contribution in [2.24, 2.45) is 0 Å². The van der Waals surface area contributed by atoms with Crippen molar-refractivity contribution in [1.29, 1.82) is 0 Å². The molecule has 1 aliphatic heterocycles. The number of benzene rings is 2. The first-order valence-electron chi connectivity index (χ1n) is 9.37. The fraction of sp³-hybridized carbons (Fsp3) is 0.227. The van der Waals surface area contributed by atoms with Crippen LogP contribution in [0.2, 0.25) is 0 Å². The maximum atomic E-state index is 12.8. The van der Waals surface area contributed by atoms with Gasteiger partial charge in [0.05, 0.1) is 12.8 Å². The smallest absolute Gasteiger partial charge is 0.341 e. The van der Waals surface area contributed by atoms with E-state index in [1.54, 1.807) is 29.2 Å². The van der Waals surface area contributed by atoms with Crippen LogP contribution in [0.3, 0.4) is 0 Å². The van der Waals surface area contributed by atoms with Crippen molar-refractivity contribution < 1.29 is 19.1 Å². The average Bonchev–Trinajstić information content (AvgIpc) is 3.21. The molecule has 0 bridgehead atoms. The molecule has 0 atom stereocenters. The van der Waals surface area contributed by atoms with Gasteiger partial charge < -0.3 is 14.4 Å². The van der Waals surface area contributed by atoms with Crippen LogP contribution in [0.25, 0.3) is 11.3 Å². The molecule has 0 saturated carbocycles. The van der Waals surface area contributed by atoms with E-state index < -0.39 is 5.97 Å². The van der Waals surface area contributed by atoms with Gasteiger partial charge in [0.25, 0.3) is 5.91 Å². The first-order valence-corrected chi connectivity index (χ1v) is 9.37. The molecular weight excluding hydrogens is 370 g/mol. The number of nitrogens with zero attached hydrogens (tertiary/aromatic N) is 2. The first-order chi connectivity index (χ1) is 14.2. The quantitative estimate of drug-likeness (QED) is 0.676. The Morgan fingerprint density at radius 1 is 1.10 bits per heavy atom. The number of H-pyrrole nitrogens is 1. The summed E-state index contributed by atoms with van der Waals surface area (Å²) in [7, 11) is 1.31. The molecule has 4 rings (SSSR count). The summed E-state index contributed by atoms with van der Waals surface area (Å²) in [6.45, 7) is 0.906. The van der Waals surface area contributed by atoms with Gasteiger partial charge in [0, 0.05) is 36.3 Å². The van der Waals surface area contributed by atoms with E-state index in [1.165, 1.54) is 7.11 Å². The fourth-order valence-electron chi connectivity index (χ4n) is 3.44. The number of hydrogen-bond acceptors (Lipinski definition) is 5. The van der Waals surface area contributed by atoms with Crippen LogP contribution in [-0.2, 0) is 22.5 Å². The lowest BCUT2D eigenvalue weighted by Crippen LogP contribution is -2.38. The summed E-state index contributed by atoms with van der Waals surface area (Å²) in [5.41, 5.74) is 4.28. The summed E-state index contributed by atoms with van der Waals surface area (Å²) in [6.07, 6.45) is 0.708. The molecule has 1 aliphatic rings. The summed E-state index contributed by atoms with van der Waals surface area (Å²) < 4.78 is 10.4. The molecule has 2 aromatic carbocycles. The average molecular weight is 391 g/mol. The van der Waals surface area contributed by atoms with E-state index in [4.69, 9.17) is 9.47 Å². The lowest BCUT2D eigenvalue weighted by Gasteiger charge is -2.27. The van der Waals surface area contributed by atoms with Crippen molar-refractivity contribution in [1.82, 2.24) is 15.1 Å². The second-order valence-corrected chi connectivity index (χ2v) is 6.74. The molecule has 0 radical (unpaired) electrons. The molecule has 7 heteroatoms. The Balaban J connectivity index is 1.46. The van der Waals surface area contributed by atoms with Crippen LogP contribution in [0, 0.1) is 0 Å². The molecular formula is C22H21N3O4. The third-order valence-electron chi connectivity index (χ3n) is 4.98. The minimum atomic E-state index is -0.499. The van der Waals surface area contributed by atoms with Gasteiger partial charge in [-0.2, -0.15) is 5.10 Å². The van der Waals surface area contributed by atoms with Crippen molar-refractivity contribution in [2.75, 3.05) is 20.3 Å². The molecule has 1 aromatic heterocycles. The Labute approximate surface area is 168 Å². The van der Waals surface area contributed by atoms with E-state index in [9.17, 15) is 9.59 Å². The lowest BCUT2D eigenvalue weighted by atomic mass is 10.0. The van der Waals surface area contributed by atoms with E-state index in [2.05, 4.69) is 10.2 Å². The van der Waals surface area contributed by atoms with Crippen molar-refractivity contribution >= 4 is 11.9 Å². The molecule has 0 saturated heterocycles. The zero-order valence-electron chi connectivity index (χ0n) is 16.1. The minimum absolute atomic E-state index is 0.143. The normalized spacial score (nSPS) is 12.9. The summed E-state index contributed by atoms with van der Waals surface area (Å²) in [5, 5.41) is 7.55. The highest BCUT2D eigenvalue weighted by molar-refractivity contribution is 5.92. The SMILES string of the molecule is COC(=O)c1ccccc1OCC(=O)N1CCc2[nH]nc(-c3ccccc3)c2C1. The van der Waals surface area contributed by atoms with Gasteiger partial charge in [0.2, 0.25) is 0 Å². The van der Waals surface area contributed by atoms with Gasteiger partial charge in [0.1, 0.15) is 11.3 Å². The molecule has 0 unspecified atom stereocenters. The number of para-hydroxylation sites is 1. The Hall–Kier alpha value is -3.61. The Bertz CT molecular complexity index is 1030. The van der Waals surface area contributed by atoms with Crippen LogP contribution in [0.4, 0.5) is 0 Å². The van der Waals surface area contributed by atoms with E-state index in [0.29, 0.717) is 30.8 Å². The lowest BCUT2D eigenvalue weighted by molar-refractivity contribution is -0.134. The first kappa shape index (κ1) is 18.7. The Kier molecular flexibility index (Phi) is 5.29. The van der Waals surface area contributed by atoms with Crippen LogP contribution < -0.4 is 4.74 Å². The summed E-state index contributed by atoms with van der Waals surface area (Å²) in [4.78, 5) is 26.4. The number of hydrogen-bond donors (Lipinski definition) is 1. The van der Waals surface area contributed by atoms with Gasteiger partial charge in [-0.3, -0.25) is 9.89 Å². The third-order valence-corrected chi connectivity index (χ3v) is 4.98. The highest BCUT2D eigenvalue weighted by Crippen LogP contribution is 2.28. The highest BCUT2D eigenvalue weighted by Gasteiger charge is 2.26. The minimum Gasteiger partial charge on any atom is -0.483 e. The molecule has 148 valence electrons. The van der Waals surface area contributed by atoms with E-state index >= 15 is 0 Å². The predicted molar refractivity (Wildman–Crippen MR) is 106 cm³/mol. The molecule has 0 fully saturated rings. The third kappa shape index (κ3) is 3.85. The van der Waals surface area contributed by atoms with Crippen LogP contribution in [0.5, 0.6) is 5.75 Å². The molecule has 1 amide bonds. The number of fused-ring (bicyclic) bond motifs is 1. The number of ether oxygens (including phenoxy) is 2. The summed E-state index contributed by atoms with van der Waals surface area (Å²) in [6, 6.07) is 16.6. The van der Waals surface area contributed by atoms with Crippen LogP contribution in [0.1, 0.15) is 21.6 Å². The summed E-state index contributed by atoms with van der Waals surface area (Å²) in [5.74, 6) is -0.309. The second kappa shape index (κ2) is 8.18. The number of aromatic amines is 1. The topological polar surface area (TPSA) is 84.5 Å². The number of rotatable bonds is 5. The van der Waals surface area contributed by atoms with E-state index in [1.807, 2.05) is 30.3 Å². The molecule has 1 N–H and O–H groups in total. The van der Waals surface area contributed by atoms with Gasteiger partial charge in [-0.15, -0.1) is 0 Å². The monoisotopic (exact) mass is 391 g/mol. The maximum Gasteiger partial charge on any atom is 0.341 e. The zero-order valence-corrected chi connectivity index (χ0v) is 16.1. The number of amides is 1. The van der Waals surface area contributed by atoms with Gasteiger partial charge in [-0.25, -0.2) is 4.79 Å². The van der Waals surface area contributed by atoms with E-state index in [-0.39, 0.29) is 12.5 Å². The molecule has 2 heterocycles. The van der Waals surface area contributed by atoms with Gasteiger partial charge in [-0.05, 0) is 12.1 Å². The fourth-order valence-corrected chi connectivity index (χ4v) is 3.44. The molecule has 0 aliphatic carbocycles. The highest BCUT2D eigenvalue weighted by atomic mass is 16.5. The van der Waals surface area contributed by atoms with Crippen molar-refractivity contribution in [3.05, 3.63) is 71.4 Å². The number of carbonyl (C=O) groups excluding carboxylic acids is 2. The molecule has 7 nitrogen and oxygen atoms in total. The molecule has 29 heavy (non-hydrogen) atoms. The van der Waals surface area contributed by atoms with Crippen molar-refractivity contribution in [3.63, 3.8) is 0 Å². The number of esters is 1. The van der Waals surface area contributed by atoms with E-state index in [0.717, 1.165) is 22.5 Å². The van der Waals surface area contributed by atoms with Gasteiger partial charge in [0.15, 0.2) is 6.61 Å². The maximum absolute atomic E-state index is 12.8. The molecule has 0 spiro atoms.